The smallest absolute Gasteiger partial charge is 0.407 e. The Morgan fingerprint density at radius 3 is 2.64 bits per heavy atom. The molecule has 5 heterocycles. The van der Waals surface area contributed by atoms with Gasteiger partial charge in [-0.15, -0.1) is 0 Å². The molecule has 7 rings (SSSR count). The lowest BCUT2D eigenvalue weighted by Crippen LogP contribution is -2.53. The van der Waals surface area contributed by atoms with E-state index in [-0.39, 0.29) is 23.7 Å². The second kappa shape index (κ2) is 7.94. The highest BCUT2D eigenvalue weighted by Crippen LogP contribution is 2.44. The Kier molecular flexibility index (Phi) is 5.02. The third kappa shape index (κ3) is 3.84. The predicted molar refractivity (Wildman–Crippen MR) is 126 cm³/mol. The minimum Gasteiger partial charge on any atom is -0.493 e. The van der Waals surface area contributed by atoms with Crippen molar-refractivity contribution in [2.75, 3.05) is 32.8 Å². The highest BCUT2D eigenvalue weighted by Gasteiger charge is 2.41. The Morgan fingerprint density at radius 1 is 1.06 bits per heavy atom. The Labute approximate surface area is 195 Å². The zero-order chi connectivity index (χ0) is 22.6. The van der Waals surface area contributed by atoms with Crippen LogP contribution in [0.4, 0.5) is 4.79 Å². The Bertz CT molecular complexity index is 1070. The van der Waals surface area contributed by atoms with Gasteiger partial charge in [0.15, 0.2) is 0 Å². The fraction of sp³-hybridized carbons (Fsp3) is 0.519. The summed E-state index contributed by atoms with van der Waals surface area (Å²) in [6.07, 6.45) is 2.89. The fourth-order valence-corrected chi connectivity index (χ4v) is 5.82. The summed E-state index contributed by atoms with van der Waals surface area (Å²) in [6, 6.07) is 12.5. The first-order chi connectivity index (χ1) is 16.0. The van der Waals surface area contributed by atoms with Gasteiger partial charge in [-0.3, -0.25) is 4.90 Å². The van der Waals surface area contributed by atoms with Crippen molar-refractivity contribution in [3.8, 4) is 22.6 Å². The first-order valence-corrected chi connectivity index (χ1v) is 12.2. The minimum atomic E-state index is -0.317. The largest absolute Gasteiger partial charge is 0.493 e. The number of hydrogen-bond acceptors (Lipinski definition) is 5. The molecular formula is C27H32N2O4. The lowest BCUT2D eigenvalue weighted by Gasteiger charge is -2.44. The van der Waals surface area contributed by atoms with Gasteiger partial charge in [-0.25, -0.2) is 4.79 Å². The van der Waals surface area contributed by atoms with Gasteiger partial charge in [0.1, 0.15) is 17.6 Å². The molecule has 3 fully saturated rings. The molecule has 5 aliphatic rings. The number of carbonyl (C=O) groups is 1. The summed E-state index contributed by atoms with van der Waals surface area (Å²) < 4.78 is 17.7. The van der Waals surface area contributed by atoms with E-state index in [0.29, 0.717) is 12.5 Å². The number of nitrogens with zero attached hydrogens (tertiary/aromatic N) is 1. The van der Waals surface area contributed by atoms with Crippen LogP contribution in [0, 0.1) is 11.3 Å². The molecule has 2 aromatic carbocycles. The molecule has 1 unspecified atom stereocenters. The van der Waals surface area contributed by atoms with E-state index in [9.17, 15) is 4.79 Å². The first-order valence-electron chi connectivity index (χ1n) is 12.2. The summed E-state index contributed by atoms with van der Waals surface area (Å²) in [5.74, 6) is 2.31. The second-order valence-corrected chi connectivity index (χ2v) is 10.6. The van der Waals surface area contributed by atoms with E-state index in [4.69, 9.17) is 14.2 Å². The van der Waals surface area contributed by atoms with Crippen molar-refractivity contribution in [3.05, 3.63) is 47.5 Å². The van der Waals surface area contributed by atoms with Gasteiger partial charge in [0.05, 0.1) is 19.3 Å². The normalized spacial score (nSPS) is 28.8. The van der Waals surface area contributed by atoms with Gasteiger partial charge in [0.2, 0.25) is 0 Å². The summed E-state index contributed by atoms with van der Waals surface area (Å²) in [6.45, 7) is 8.67. The lowest BCUT2D eigenvalue weighted by atomic mass is 9.78. The SMILES string of the molecule is CC1(C)COc2cc(-c3ccc4c(c3)CCO4)ccc2C1NC(=O)O[C@H]1CN2CCC1CC2. The molecule has 1 amide bonds. The van der Waals surface area contributed by atoms with Crippen LogP contribution in [-0.4, -0.2) is 49.9 Å². The molecule has 0 spiro atoms. The highest BCUT2D eigenvalue weighted by molar-refractivity contribution is 5.71. The molecule has 6 nitrogen and oxygen atoms in total. The van der Waals surface area contributed by atoms with Crippen LogP contribution in [0.1, 0.15) is 43.9 Å². The van der Waals surface area contributed by atoms with Gasteiger partial charge in [-0.1, -0.05) is 32.0 Å². The van der Waals surface area contributed by atoms with Crippen molar-refractivity contribution >= 4 is 6.09 Å². The van der Waals surface area contributed by atoms with Crippen molar-refractivity contribution in [2.45, 2.75) is 45.3 Å². The average molecular weight is 449 g/mol. The van der Waals surface area contributed by atoms with E-state index in [2.05, 4.69) is 60.5 Å². The molecule has 2 bridgehead atoms. The van der Waals surface area contributed by atoms with E-state index >= 15 is 0 Å². The van der Waals surface area contributed by atoms with Crippen LogP contribution < -0.4 is 14.8 Å². The molecule has 0 radical (unpaired) electrons. The van der Waals surface area contributed by atoms with Crippen LogP contribution in [0.3, 0.4) is 0 Å². The first kappa shape index (κ1) is 20.8. The van der Waals surface area contributed by atoms with E-state index < -0.39 is 0 Å². The Balaban J connectivity index is 1.22. The van der Waals surface area contributed by atoms with Crippen molar-refractivity contribution in [3.63, 3.8) is 0 Å². The maximum atomic E-state index is 12.9. The van der Waals surface area contributed by atoms with Gasteiger partial charge >= 0.3 is 6.09 Å². The molecule has 1 N–H and O–H groups in total. The summed E-state index contributed by atoms with van der Waals surface area (Å²) in [7, 11) is 0. The number of amides is 1. The lowest BCUT2D eigenvalue weighted by molar-refractivity contribution is -0.0361. The third-order valence-electron chi connectivity index (χ3n) is 7.85. The topological polar surface area (TPSA) is 60.0 Å². The van der Waals surface area contributed by atoms with Gasteiger partial charge < -0.3 is 19.5 Å². The average Bonchev–Trinajstić information content (AvgIpc) is 3.29. The molecular weight excluding hydrogens is 416 g/mol. The molecule has 0 aromatic heterocycles. The van der Waals surface area contributed by atoms with Gasteiger partial charge in [0, 0.05) is 23.9 Å². The number of rotatable bonds is 3. The number of hydrogen-bond donors (Lipinski definition) is 1. The van der Waals surface area contributed by atoms with Gasteiger partial charge in [-0.2, -0.15) is 0 Å². The quantitative estimate of drug-likeness (QED) is 0.746. The molecule has 0 saturated carbocycles. The number of benzene rings is 2. The summed E-state index contributed by atoms with van der Waals surface area (Å²) in [4.78, 5) is 15.3. The summed E-state index contributed by atoms with van der Waals surface area (Å²) in [5.41, 5.74) is 4.28. The van der Waals surface area contributed by atoms with Crippen LogP contribution in [0.5, 0.6) is 11.5 Å². The Morgan fingerprint density at radius 2 is 1.85 bits per heavy atom. The number of alkyl carbamates (subject to hydrolysis) is 1. The van der Waals surface area contributed by atoms with Crippen LogP contribution in [-0.2, 0) is 11.2 Å². The molecule has 174 valence electrons. The zero-order valence-corrected chi connectivity index (χ0v) is 19.4. The van der Waals surface area contributed by atoms with Crippen molar-refractivity contribution < 1.29 is 19.0 Å². The number of ether oxygens (including phenoxy) is 3. The van der Waals surface area contributed by atoms with Crippen LogP contribution in [0.15, 0.2) is 36.4 Å². The molecule has 0 aliphatic carbocycles. The maximum absolute atomic E-state index is 12.9. The monoisotopic (exact) mass is 448 g/mol. The summed E-state index contributed by atoms with van der Waals surface area (Å²) in [5, 5.41) is 3.19. The van der Waals surface area contributed by atoms with Crippen molar-refractivity contribution in [1.29, 1.82) is 0 Å². The molecule has 5 aliphatic heterocycles. The molecule has 3 saturated heterocycles. The molecule has 2 aromatic rings. The van der Waals surface area contributed by atoms with Crippen molar-refractivity contribution in [2.24, 2.45) is 11.3 Å². The summed E-state index contributed by atoms with van der Waals surface area (Å²) >= 11 is 0. The highest BCUT2D eigenvalue weighted by atomic mass is 16.6. The number of piperidine rings is 3. The van der Waals surface area contributed by atoms with E-state index in [1.54, 1.807) is 0 Å². The van der Waals surface area contributed by atoms with E-state index in [1.165, 1.54) is 5.56 Å². The van der Waals surface area contributed by atoms with Crippen LogP contribution in [0.25, 0.3) is 11.1 Å². The molecule has 33 heavy (non-hydrogen) atoms. The van der Waals surface area contributed by atoms with Crippen molar-refractivity contribution in [1.82, 2.24) is 10.2 Å². The van der Waals surface area contributed by atoms with E-state index in [1.807, 2.05) is 0 Å². The zero-order valence-electron chi connectivity index (χ0n) is 19.4. The molecule has 6 heteroatoms. The number of fused-ring (bicyclic) bond motifs is 5. The second-order valence-electron chi connectivity index (χ2n) is 10.6. The maximum Gasteiger partial charge on any atom is 0.407 e. The van der Waals surface area contributed by atoms with E-state index in [0.717, 1.165) is 73.7 Å². The van der Waals surface area contributed by atoms with Gasteiger partial charge in [0.25, 0.3) is 0 Å². The standard InChI is InChI=1S/C27H32N2O4/c1-27(2)16-32-23-14-19(18-4-6-22-20(13-18)9-12-31-22)3-5-21(23)25(27)28-26(30)33-24-15-29-10-7-17(24)8-11-29/h3-6,13-14,17,24-25H,7-12,15-16H2,1-2H3,(H,28,30)/t24-,25?/m0/s1. The van der Waals surface area contributed by atoms with Crippen LogP contribution in [0.2, 0.25) is 0 Å². The number of nitrogens with one attached hydrogen (secondary N) is 1. The third-order valence-corrected chi connectivity index (χ3v) is 7.85. The fourth-order valence-electron chi connectivity index (χ4n) is 5.82. The van der Waals surface area contributed by atoms with Gasteiger partial charge in [-0.05, 0) is 66.7 Å². The number of carbonyl (C=O) groups excluding carboxylic acids is 1. The van der Waals surface area contributed by atoms with Crippen LogP contribution >= 0.6 is 0 Å². The minimum absolute atomic E-state index is 0.00101. The Hall–Kier alpha value is -2.73. The molecule has 2 atom stereocenters. The predicted octanol–water partition coefficient (Wildman–Crippen LogP) is 4.57.